The Kier molecular flexibility index (Phi) is 9.59. The van der Waals surface area contributed by atoms with Gasteiger partial charge in [0.15, 0.2) is 5.78 Å². The van der Waals surface area contributed by atoms with E-state index in [0.29, 0.717) is 17.8 Å². The van der Waals surface area contributed by atoms with Crippen molar-refractivity contribution in [2.24, 2.45) is 11.8 Å². The first-order chi connectivity index (χ1) is 16.9. The third-order valence-electron chi connectivity index (χ3n) is 7.54. The molecule has 0 amide bonds. The van der Waals surface area contributed by atoms with Gasteiger partial charge in [-0.15, -0.1) is 0 Å². The van der Waals surface area contributed by atoms with Crippen LogP contribution >= 0.6 is 0 Å². The number of esters is 1. The molecule has 2 saturated heterocycles. The topological polar surface area (TPSA) is 86.7 Å². The van der Waals surface area contributed by atoms with Crippen molar-refractivity contribution in [3.63, 3.8) is 0 Å². The summed E-state index contributed by atoms with van der Waals surface area (Å²) < 4.78 is 12.2. The summed E-state index contributed by atoms with van der Waals surface area (Å²) in [5.41, 5.74) is 5.25. The maximum Gasteiger partial charge on any atom is 0.373 e. The maximum atomic E-state index is 13.8. The van der Waals surface area contributed by atoms with Crippen molar-refractivity contribution < 1.29 is 28.7 Å². The molecule has 4 rings (SSSR count). The van der Waals surface area contributed by atoms with Crippen LogP contribution in [0.25, 0.3) is 5.57 Å². The second-order valence-electron chi connectivity index (χ2n) is 9.83. The quantitative estimate of drug-likeness (QED) is 0.322. The second kappa shape index (κ2) is 12.4. The molecule has 1 aliphatic carbocycles. The Morgan fingerprint density at radius 3 is 2.11 bits per heavy atom. The Bertz CT molecular complexity index is 975. The molecule has 6 heteroatoms. The van der Waals surface area contributed by atoms with Gasteiger partial charge in [-0.1, -0.05) is 64.2 Å². The molecule has 0 unspecified atom stereocenters. The lowest BCUT2D eigenvalue weighted by Gasteiger charge is -2.22. The average molecular weight is 483 g/mol. The van der Waals surface area contributed by atoms with Crippen LogP contribution < -0.4 is 0 Å². The molecule has 0 saturated carbocycles. The SMILES string of the molecule is CCCCCCCC(=O)OC1=C(c2c(CC)cc(C)cc2CC)C(=O)[C@@H]2[C@H]1[C@H]1CC[C@@H]2O1.O=C=O. The van der Waals surface area contributed by atoms with Gasteiger partial charge in [-0.3, -0.25) is 9.59 Å². The maximum absolute atomic E-state index is 13.8. The molecule has 190 valence electrons. The molecule has 2 aliphatic heterocycles. The highest BCUT2D eigenvalue weighted by molar-refractivity contribution is 6.26. The molecular formula is C29H38O6. The zero-order valence-electron chi connectivity index (χ0n) is 21.5. The predicted octanol–water partition coefficient (Wildman–Crippen LogP) is 5.53. The first-order valence-electron chi connectivity index (χ1n) is 13.2. The van der Waals surface area contributed by atoms with Crippen molar-refractivity contribution in [1.82, 2.24) is 0 Å². The van der Waals surface area contributed by atoms with Crippen molar-refractivity contribution in [1.29, 1.82) is 0 Å². The summed E-state index contributed by atoms with van der Waals surface area (Å²) in [6.07, 6.45) is 9.63. The number of rotatable bonds is 10. The summed E-state index contributed by atoms with van der Waals surface area (Å²) in [7, 11) is 0. The minimum Gasteiger partial charge on any atom is -0.430 e. The monoisotopic (exact) mass is 482 g/mol. The van der Waals surface area contributed by atoms with Gasteiger partial charge in [0.1, 0.15) is 5.76 Å². The van der Waals surface area contributed by atoms with Crippen LogP contribution in [0.3, 0.4) is 0 Å². The standard InChI is InChI=1S/C28H38O4.CO2/c1-5-8-9-10-11-12-22(29)32-28-25-21-14-13-20(31-21)24(25)27(30)26(28)23-18(6-2)15-17(4)16-19(23)7-3;2-1-3/h15-16,20-21,24-25H,5-14H2,1-4H3;/t20-,21+,24-,25+;/m0./s1. The Morgan fingerprint density at radius 2 is 1.54 bits per heavy atom. The van der Waals surface area contributed by atoms with Crippen molar-refractivity contribution >= 4 is 23.5 Å². The fourth-order valence-electron chi connectivity index (χ4n) is 6.03. The number of unbranched alkanes of at least 4 members (excludes halogenated alkanes) is 4. The molecule has 35 heavy (non-hydrogen) atoms. The van der Waals surface area contributed by atoms with Crippen molar-refractivity contribution in [2.75, 3.05) is 0 Å². The van der Waals surface area contributed by atoms with Gasteiger partial charge in [-0.05, 0) is 55.7 Å². The van der Waals surface area contributed by atoms with Crippen LogP contribution in [0.4, 0.5) is 0 Å². The van der Waals surface area contributed by atoms with E-state index >= 15 is 0 Å². The van der Waals surface area contributed by atoms with Crippen molar-refractivity contribution in [3.8, 4) is 0 Å². The van der Waals surface area contributed by atoms with Gasteiger partial charge in [0, 0.05) is 6.42 Å². The zero-order chi connectivity index (χ0) is 25.5. The van der Waals surface area contributed by atoms with Gasteiger partial charge >= 0.3 is 12.1 Å². The molecule has 0 radical (unpaired) electrons. The number of allylic oxidation sites excluding steroid dienone is 1. The summed E-state index contributed by atoms with van der Waals surface area (Å²) in [5.74, 6) is 0.247. The smallest absolute Gasteiger partial charge is 0.373 e. The highest BCUT2D eigenvalue weighted by atomic mass is 16.5. The third kappa shape index (κ3) is 5.65. The van der Waals surface area contributed by atoms with Gasteiger partial charge in [-0.2, -0.15) is 9.59 Å². The Hall–Kier alpha value is -2.56. The number of Topliss-reactive ketones (excluding diaryl/α,β-unsaturated/α-hetero) is 1. The van der Waals surface area contributed by atoms with E-state index < -0.39 is 0 Å². The van der Waals surface area contributed by atoms with E-state index in [-0.39, 0.29) is 41.9 Å². The van der Waals surface area contributed by atoms with E-state index in [9.17, 15) is 9.59 Å². The van der Waals surface area contributed by atoms with E-state index in [1.807, 2.05) is 0 Å². The lowest BCUT2D eigenvalue weighted by atomic mass is 9.80. The summed E-state index contributed by atoms with van der Waals surface area (Å²) >= 11 is 0. The lowest BCUT2D eigenvalue weighted by Crippen LogP contribution is -2.29. The largest absolute Gasteiger partial charge is 0.430 e. The number of carbonyl (C=O) groups excluding carboxylic acids is 4. The number of ketones is 1. The van der Waals surface area contributed by atoms with Crippen molar-refractivity contribution in [3.05, 3.63) is 40.1 Å². The number of carbonyl (C=O) groups is 2. The molecule has 0 spiro atoms. The van der Waals surface area contributed by atoms with Gasteiger partial charge < -0.3 is 9.47 Å². The molecule has 1 aromatic carbocycles. The molecule has 0 aromatic heterocycles. The van der Waals surface area contributed by atoms with Crippen LogP contribution in [0.2, 0.25) is 0 Å². The second-order valence-corrected chi connectivity index (χ2v) is 9.83. The number of benzene rings is 1. The summed E-state index contributed by atoms with van der Waals surface area (Å²) in [5, 5.41) is 0. The van der Waals surface area contributed by atoms with Crippen LogP contribution in [-0.4, -0.2) is 30.1 Å². The van der Waals surface area contributed by atoms with Crippen LogP contribution in [0.1, 0.15) is 94.4 Å². The molecule has 3 aliphatic rings. The number of aryl methyl sites for hydroxylation is 3. The predicted molar refractivity (Wildman–Crippen MR) is 131 cm³/mol. The lowest BCUT2D eigenvalue weighted by molar-refractivity contribution is -0.191. The molecule has 0 N–H and O–H groups in total. The van der Waals surface area contributed by atoms with Crippen LogP contribution in [-0.2, 0) is 41.5 Å². The Morgan fingerprint density at radius 1 is 0.971 bits per heavy atom. The van der Waals surface area contributed by atoms with E-state index in [4.69, 9.17) is 19.1 Å². The van der Waals surface area contributed by atoms with E-state index in [0.717, 1.165) is 50.5 Å². The summed E-state index contributed by atoms with van der Waals surface area (Å²) in [6.45, 7) is 8.56. The van der Waals surface area contributed by atoms with Crippen LogP contribution in [0.5, 0.6) is 0 Å². The average Bonchev–Trinajstić information content (AvgIpc) is 3.52. The number of hydrogen-bond donors (Lipinski definition) is 0. The minimum atomic E-state index is -0.201. The first kappa shape index (κ1) is 27.0. The van der Waals surface area contributed by atoms with E-state index in [1.165, 1.54) is 29.5 Å². The number of hydrogen-bond acceptors (Lipinski definition) is 6. The Labute approximate surface area is 208 Å². The fourth-order valence-corrected chi connectivity index (χ4v) is 6.03. The molecule has 4 atom stereocenters. The van der Waals surface area contributed by atoms with Gasteiger partial charge in [-0.25, -0.2) is 0 Å². The first-order valence-corrected chi connectivity index (χ1v) is 13.2. The fraction of sp³-hybridized carbons (Fsp3) is 0.621. The number of ether oxygens (including phenoxy) is 2. The van der Waals surface area contributed by atoms with Gasteiger partial charge in [0.25, 0.3) is 0 Å². The van der Waals surface area contributed by atoms with Crippen LogP contribution in [0.15, 0.2) is 17.9 Å². The van der Waals surface area contributed by atoms with E-state index in [1.54, 1.807) is 0 Å². The van der Waals surface area contributed by atoms with Gasteiger partial charge in [0.2, 0.25) is 0 Å². The highest BCUT2D eigenvalue weighted by Crippen LogP contribution is 2.55. The summed E-state index contributed by atoms with van der Waals surface area (Å²) in [4.78, 5) is 42.9. The number of fused-ring (bicyclic) bond motifs is 5. The highest BCUT2D eigenvalue weighted by Gasteiger charge is 2.60. The summed E-state index contributed by atoms with van der Waals surface area (Å²) in [6, 6.07) is 4.36. The Balaban J connectivity index is 0.00000108. The zero-order valence-corrected chi connectivity index (χ0v) is 21.5. The van der Waals surface area contributed by atoms with Gasteiger partial charge in [0.05, 0.1) is 29.6 Å². The molecular weight excluding hydrogens is 444 g/mol. The molecule has 6 nitrogen and oxygen atoms in total. The molecule has 2 bridgehead atoms. The molecule has 1 aromatic rings. The third-order valence-corrected chi connectivity index (χ3v) is 7.54. The minimum absolute atomic E-state index is 0.000550. The van der Waals surface area contributed by atoms with Crippen LogP contribution in [0, 0.1) is 18.8 Å². The molecule has 2 fully saturated rings. The normalized spacial score (nSPS) is 24.2. The molecule has 2 heterocycles. The van der Waals surface area contributed by atoms with Crippen molar-refractivity contribution in [2.45, 2.75) is 104 Å². The van der Waals surface area contributed by atoms with E-state index in [2.05, 4.69) is 39.8 Å².